The van der Waals surface area contributed by atoms with Crippen LogP contribution in [0, 0.1) is 10.1 Å². The summed E-state index contributed by atoms with van der Waals surface area (Å²) >= 11 is -2.30. The summed E-state index contributed by atoms with van der Waals surface area (Å²) < 4.78 is 22.0. The quantitative estimate of drug-likeness (QED) is 0.0482. The number of rotatable bonds is 20. The molecule has 0 spiro atoms. The molecule has 1 aliphatic rings. The van der Waals surface area contributed by atoms with Gasteiger partial charge in [-0.15, -0.1) is 0 Å². The van der Waals surface area contributed by atoms with E-state index in [0.717, 1.165) is 28.7 Å². The van der Waals surface area contributed by atoms with E-state index < -0.39 is 43.5 Å². The Morgan fingerprint density at radius 3 is 1.88 bits per heavy atom. The van der Waals surface area contributed by atoms with Gasteiger partial charge in [0.15, 0.2) is 0 Å². The summed E-state index contributed by atoms with van der Waals surface area (Å²) in [5, 5.41) is 12.0. The van der Waals surface area contributed by atoms with Crippen LogP contribution in [0.3, 0.4) is 0 Å². The van der Waals surface area contributed by atoms with Gasteiger partial charge in [0.25, 0.3) is 0 Å². The first-order valence-electron chi connectivity index (χ1n) is 17.9. The van der Waals surface area contributed by atoms with Gasteiger partial charge < -0.3 is 4.74 Å². The summed E-state index contributed by atoms with van der Waals surface area (Å²) in [6.45, 7) is 8.88. The third kappa shape index (κ3) is 10.4. The molecular weight excluding hydrogens is 815 g/mol. The van der Waals surface area contributed by atoms with E-state index >= 15 is 0 Å². The second-order valence-electron chi connectivity index (χ2n) is 13.1. The third-order valence-corrected chi connectivity index (χ3v) is 27.5. The van der Waals surface area contributed by atoms with Crippen LogP contribution < -0.4 is 0 Å². The normalized spacial score (nSPS) is 13.3. The molecule has 9 heteroatoms. The third-order valence-electron chi connectivity index (χ3n) is 9.52. The molecular formula is C40H53NO7Po. The topological polar surface area (TPSA) is 105 Å². The average Bonchev–Trinajstić information content (AvgIpc) is 3.44. The number of nitrogens with zero attached hydrogens (tertiary/aromatic N) is 1. The van der Waals surface area contributed by atoms with E-state index in [4.69, 9.17) is 14.2 Å². The Balaban J connectivity index is 1.30. The van der Waals surface area contributed by atoms with Crippen molar-refractivity contribution in [1.82, 2.24) is 0 Å². The maximum atomic E-state index is 13.0. The molecule has 0 aromatic heterocycles. The van der Waals surface area contributed by atoms with Crippen LogP contribution in [0.4, 0.5) is 10.5 Å². The van der Waals surface area contributed by atoms with Crippen molar-refractivity contribution < 1.29 is 28.7 Å². The van der Waals surface area contributed by atoms with Crippen molar-refractivity contribution in [1.29, 1.82) is 0 Å². The molecule has 4 rings (SSSR count). The molecule has 0 bridgehead atoms. The van der Waals surface area contributed by atoms with E-state index in [1.165, 1.54) is 60.9 Å². The number of nitro benzene ring substituents is 1. The molecule has 0 fully saturated rings. The zero-order chi connectivity index (χ0) is 35.2. The zero-order valence-electron chi connectivity index (χ0n) is 29.6. The second-order valence-corrected chi connectivity index (χ2v) is 29.0. The fraction of sp³-hybridized carbons (Fsp3) is 0.500. The Kier molecular flexibility index (Phi) is 15.1. The summed E-state index contributed by atoms with van der Waals surface area (Å²) in [4.78, 5) is 37.1. The molecule has 1 atom stereocenters. The molecule has 0 heterocycles. The molecule has 3 aromatic rings. The molecule has 3 aromatic carbocycles. The number of esters is 1. The molecule has 0 aliphatic heterocycles. The predicted molar refractivity (Wildman–Crippen MR) is 197 cm³/mol. The van der Waals surface area contributed by atoms with E-state index in [1.54, 1.807) is 19.1 Å². The molecule has 0 radical (unpaired) electrons. The van der Waals surface area contributed by atoms with Crippen LogP contribution in [0.25, 0.3) is 11.1 Å². The van der Waals surface area contributed by atoms with E-state index in [9.17, 15) is 19.7 Å². The number of carbonyl (C=O) groups is 2. The number of hydrogen-bond donors (Lipinski definition) is 0. The van der Waals surface area contributed by atoms with Gasteiger partial charge in [-0.3, -0.25) is 0 Å². The van der Waals surface area contributed by atoms with Crippen molar-refractivity contribution in [3.05, 3.63) is 99.1 Å². The first kappa shape index (κ1) is 38.5. The minimum atomic E-state index is -2.30. The van der Waals surface area contributed by atoms with Crippen molar-refractivity contribution in [3.63, 3.8) is 0 Å². The Morgan fingerprint density at radius 1 is 0.776 bits per heavy atom. The van der Waals surface area contributed by atoms with Crippen molar-refractivity contribution in [2.24, 2.45) is 0 Å². The van der Waals surface area contributed by atoms with Crippen molar-refractivity contribution in [2.75, 3.05) is 19.8 Å². The summed E-state index contributed by atoms with van der Waals surface area (Å²) in [6, 6.07) is 20.5. The van der Waals surface area contributed by atoms with Crippen molar-refractivity contribution in [2.45, 2.75) is 101 Å². The van der Waals surface area contributed by atoms with Gasteiger partial charge in [-0.2, -0.15) is 0 Å². The van der Waals surface area contributed by atoms with Gasteiger partial charge in [0, 0.05) is 5.92 Å². The molecule has 8 nitrogen and oxygen atoms in total. The number of carbonyl (C=O) groups excluding carboxylic acids is 2. The van der Waals surface area contributed by atoms with Crippen LogP contribution in [0.15, 0.2) is 66.7 Å². The van der Waals surface area contributed by atoms with E-state index in [2.05, 4.69) is 32.9 Å². The molecule has 0 saturated heterocycles. The van der Waals surface area contributed by atoms with Crippen LogP contribution in [0.5, 0.6) is 0 Å². The summed E-state index contributed by atoms with van der Waals surface area (Å²) in [7, 11) is 0. The Morgan fingerprint density at radius 2 is 1.33 bits per heavy atom. The number of benzene rings is 3. The van der Waals surface area contributed by atoms with Gasteiger partial charge in [-0.05, 0) is 22.3 Å². The van der Waals surface area contributed by atoms with Crippen LogP contribution in [-0.4, -0.2) is 57.4 Å². The zero-order valence-corrected chi connectivity index (χ0v) is 32.8. The van der Waals surface area contributed by atoms with Gasteiger partial charge in [0.2, 0.25) is 0 Å². The maximum absolute atomic E-state index is 13.0. The summed E-state index contributed by atoms with van der Waals surface area (Å²) in [5.74, 6) is -1.14. The molecule has 1 aliphatic carbocycles. The monoisotopic (exact) mass is 868 g/mol. The molecule has 266 valence electrons. The van der Waals surface area contributed by atoms with E-state index in [0.29, 0.717) is 12.2 Å². The first-order valence-corrected chi connectivity index (χ1v) is 26.9. The number of hydrogen-bond acceptors (Lipinski definition) is 7. The van der Waals surface area contributed by atoms with Crippen LogP contribution >= 0.6 is 0 Å². The standard InChI is InChI=1S/C28H26NO7.3C4H9.Po/c1-3-14-34-27(30)19-12-13-20(26(15-19)29(32)33)18(2)16-35-28(31)36-17-25-23-10-6-4-8-21(23)22-9-5-7-11-24(22)25;3*1-3-4-2;/h4-13,15,18,25H,1,3,14,16-17H2,2H3;3*1,3-4H2,2H3;. The van der Waals surface area contributed by atoms with Gasteiger partial charge >= 0.3 is 205 Å². The van der Waals surface area contributed by atoms with Gasteiger partial charge in [0.1, 0.15) is 6.61 Å². The summed E-state index contributed by atoms with van der Waals surface area (Å²) in [5.41, 5.74) is 4.77. The fourth-order valence-corrected chi connectivity index (χ4v) is 24.8. The summed E-state index contributed by atoms with van der Waals surface area (Å²) in [6.07, 6.45) is 7.60. The Labute approximate surface area is 296 Å². The number of unbranched alkanes of at least 4 members (excludes halogenated alkanes) is 3. The van der Waals surface area contributed by atoms with Gasteiger partial charge in [-0.25, -0.2) is 4.79 Å². The van der Waals surface area contributed by atoms with Crippen molar-refractivity contribution >= 4 is 38.4 Å². The second kappa shape index (κ2) is 19.2. The predicted octanol–water partition coefficient (Wildman–Crippen LogP) is 11.1. The Hall–Kier alpha value is -3.30. The van der Waals surface area contributed by atoms with Crippen LogP contribution in [0.1, 0.15) is 112 Å². The van der Waals surface area contributed by atoms with Gasteiger partial charge in [-0.1, -0.05) is 48.5 Å². The molecule has 0 saturated carbocycles. The van der Waals surface area contributed by atoms with Crippen molar-refractivity contribution in [3.8, 4) is 11.1 Å². The van der Waals surface area contributed by atoms with Crippen LogP contribution in [-0.2, 0) is 14.2 Å². The first-order chi connectivity index (χ1) is 23.7. The minimum absolute atomic E-state index is 0.0976. The molecule has 0 N–H and O–H groups in total. The molecule has 49 heavy (non-hydrogen) atoms. The number of nitro groups is 1. The average molecular weight is 869 g/mol. The van der Waals surface area contributed by atoms with Crippen LogP contribution in [0.2, 0.25) is 16.3 Å². The SMILES string of the molecule is CCC[CH2][Po]([CH2]CCC)([CH2]CCC)[CH2]CCOC(=O)c1ccc(C(C)COC(=O)OCC2c3ccccc3-c3ccccc32)c([N+](=O)[O-])c1. The Bertz CT molecular complexity index is 1490. The van der Waals surface area contributed by atoms with E-state index in [1.807, 2.05) is 36.4 Å². The fourth-order valence-electron chi connectivity index (χ4n) is 6.74. The van der Waals surface area contributed by atoms with Gasteiger partial charge in [0.05, 0.1) is 0 Å². The number of ether oxygens (including phenoxy) is 3. The molecule has 0 amide bonds. The molecule has 1 unspecified atom stereocenters. The number of fused-ring (bicyclic) bond motifs is 3. The van der Waals surface area contributed by atoms with E-state index in [-0.39, 0.29) is 30.4 Å².